The molecule has 2 aromatic rings. The van der Waals surface area contributed by atoms with Gasteiger partial charge in [-0.05, 0) is 35.6 Å². The van der Waals surface area contributed by atoms with Crippen molar-refractivity contribution < 1.29 is 9.21 Å². The summed E-state index contributed by atoms with van der Waals surface area (Å²) in [6.45, 7) is 2.29. The van der Waals surface area contributed by atoms with Crippen molar-refractivity contribution in [2.45, 2.75) is 13.0 Å². The molecule has 2 aromatic heterocycles. The molecular formula is C13H13NO2S. The van der Waals surface area contributed by atoms with E-state index >= 15 is 0 Å². The lowest BCUT2D eigenvalue weighted by molar-refractivity contribution is 0.0894. The van der Waals surface area contributed by atoms with E-state index in [2.05, 4.69) is 16.3 Å². The maximum absolute atomic E-state index is 11.9. The van der Waals surface area contributed by atoms with Crippen molar-refractivity contribution >= 4 is 17.1 Å². The molecule has 3 nitrogen and oxygen atoms in total. The predicted octanol–water partition coefficient (Wildman–Crippen LogP) is 2.58. The van der Waals surface area contributed by atoms with E-state index < -0.39 is 0 Å². The number of Topliss-reactive ketones (excluding diaryl/α,β-unsaturated/α-hetero) is 1. The standard InChI is InChI=1S/C13H13NO2S/c15-11(12-2-1-6-16-12)9-14-5-3-13-10(8-14)4-7-17-13/h1-2,4,6-7H,3,5,8-9H2. The second-order valence-corrected chi connectivity index (χ2v) is 5.23. The highest BCUT2D eigenvalue weighted by molar-refractivity contribution is 7.10. The fourth-order valence-electron chi connectivity index (χ4n) is 2.16. The molecule has 0 saturated carbocycles. The number of ketones is 1. The summed E-state index contributed by atoms with van der Waals surface area (Å²) in [5, 5.41) is 2.13. The van der Waals surface area contributed by atoms with Gasteiger partial charge in [0.1, 0.15) is 0 Å². The lowest BCUT2D eigenvalue weighted by atomic mass is 10.1. The van der Waals surface area contributed by atoms with Gasteiger partial charge in [0.05, 0.1) is 12.8 Å². The van der Waals surface area contributed by atoms with Crippen molar-refractivity contribution in [3.05, 3.63) is 46.0 Å². The van der Waals surface area contributed by atoms with Gasteiger partial charge in [-0.25, -0.2) is 0 Å². The van der Waals surface area contributed by atoms with E-state index in [4.69, 9.17) is 4.42 Å². The van der Waals surface area contributed by atoms with Crippen LogP contribution in [0.3, 0.4) is 0 Å². The van der Waals surface area contributed by atoms with Gasteiger partial charge >= 0.3 is 0 Å². The van der Waals surface area contributed by atoms with E-state index in [0.717, 1.165) is 19.5 Å². The van der Waals surface area contributed by atoms with Crippen molar-refractivity contribution in [3.8, 4) is 0 Å². The molecule has 4 heteroatoms. The van der Waals surface area contributed by atoms with Gasteiger partial charge in [-0.1, -0.05) is 0 Å². The van der Waals surface area contributed by atoms with Crippen molar-refractivity contribution in [1.29, 1.82) is 0 Å². The average Bonchev–Trinajstić information content (AvgIpc) is 2.99. The molecule has 0 amide bonds. The van der Waals surface area contributed by atoms with Crippen LogP contribution < -0.4 is 0 Å². The third-order valence-corrected chi connectivity index (χ3v) is 4.07. The Morgan fingerprint density at radius 1 is 1.47 bits per heavy atom. The van der Waals surface area contributed by atoms with Crippen LogP contribution in [-0.4, -0.2) is 23.8 Å². The summed E-state index contributed by atoms with van der Waals surface area (Å²) in [6, 6.07) is 5.63. The first-order valence-corrected chi connectivity index (χ1v) is 6.55. The molecule has 88 valence electrons. The molecule has 0 spiro atoms. The van der Waals surface area contributed by atoms with Crippen LogP contribution in [0, 0.1) is 0 Å². The molecule has 0 fully saturated rings. The number of furan rings is 1. The number of thiophene rings is 1. The average molecular weight is 247 g/mol. The minimum absolute atomic E-state index is 0.0636. The number of fused-ring (bicyclic) bond motifs is 1. The lowest BCUT2D eigenvalue weighted by Crippen LogP contribution is -2.34. The van der Waals surface area contributed by atoms with E-state index in [-0.39, 0.29) is 5.78 Å². The fourth-order valence-corrected chi connectivity index (χ4v) is 3.05. The zero-order chi connectivity index (χ0) is 11.7. The minimum atomic E-state index is 0.0636. The Hall–Kier alpha value is -1.39. The quantitative estimate of drug-likeness (QED) is 0.782. The molecule has 1 aliphatic rings. The maximum Gasteiger partial charge on any atom is 0.211 e. The molecular weight excluding hydrogens is 234 g/mol. The van der Waals surface area contributed by atoms with Crippen LogP contribution in [0.2, 0.25) is 0 Å². The first-order chi connectivity index (χ1) is 8.33. The second-order valence-electron chi connectivity index (χ2n) is 4.23. The highest BCUT2D eigenvalue weighted by Crippen LogP contribution is 2.23. The summed E-state index contributed by atoms with van der Waals surface area (Å²) in [6.07, 6.45) is 2.60. The van der Waals surface area contributed by atoms with Gasteiger partial charge in [0.25, 0.3) is 0 Å². The molecule has 0 unspecified atom stereocenters. The van der Waals surface area contributed by atoms with Gasteiger partial charge in [-0.2, -0.15) is 0 Å². The molecule has 0 radical (unpaired) electrons. The predicted molar refractivity (Wildman–Crippen MR) is 66.3 cm³/mol. The Labute approximate surface area is 104 Å². The summed E-state index contributed by atoms with van der Waals surface area (Å²) < 4.78 is 5.12. The Morgan fingerprint density at radius 3 is 3.24 bits per heavy atom. The summed E-state index contributed by atoms with van der Waals surface area (Å²) in [4.78, 5) is 15.5. The largest absolute Gasteiger partial charge is 0.461 e. The van der Waals surface area contributed by atoms with Crippen LogP contribution >= 0.6 is 11.3 Å². The summed E-state index contributed by atoms with van der Waals surface area (Å²) >= 11 is 1.81. The maximum atomic E-state index is 11.9. The fraction of sp³-hybridized carbons (Fsp3) is 0.308. The molecule has 0 saturated heterocycles. The normalized spacial score (nSPS) is 15.8. The van der Waals surface area contributed by atoms with E-state index in [0.29, 0.717) is 12.3 Å². The number of carbonyl (C=O) groups excluding carboxylic acids is 1. The zero-order valence-electron chi connectivity index (χ0n) is 9.39. The third-order valence-electron chi connectivity index (χ3n) is 3.05. The van der Waals surface area contributed by atoms with Crippen LogP contribution in [0.25, 0.3) is 0 Å². The summed E-state index contributed by atoms with van der Waals surface area (Å²) in [7, 11) is 0. The van der Waals surface area contributed by atoms with Gasteiger partial charge in [0, 0.05) is 18.0 Å². The zero-order valence-corrected chi connectivity index (χ0v) is 10.2. The van der Waals surface area contributed by atoms with Crippen molar-refractivity contribution in [2.24, 2.45) is 0 Å². The van der Waals surface area contributed by atoms with Crippen LogP contribution in [0.1, 0.15) is 21.0 Å². The number of hydrogen-bond acceptors (Lipinski definition) is 4. The molecule has 0 atom stereocenters. The van der Waals surface area contributed by atoms with Crippen LogP contribution in [0.15, 0.2) is 34.3 Å². The lowest BCUT2D eigenvalue weighted by Gasteiger charge is -2.25. The van der Waals surface area contributed by atoms with Gasteiger partial charge < -0.3 is 4.42 Å². The SMILES string of the molecule is O=C(CN1CCc2sccc2C1)c1ccco1. The smallest absolute Gasteiger partial charge is 0.211 e. The molecule has 1 aliphatic heterocycles. The molecule has 0 aliphatic carbocycles. The third kappa shape index (κ3) is 2.18. The summed E-state index contributed by atoms with van der Waals surface area (Å²) in [5.74, 6) is 0.523. The molecule has 17 heavy (non-hydrogen) atoms. The van der Waals surface area contributed by atoms with Gasteiger partial charge in [0.2, 0.25) is 5.78 Å². The number of hydrogen-bond donors (Lipinski definition) is 0. The number of nitrogens with zero attached hydrogens (tertiary/aromatic N) is 1. The molecule has 0 N–H and O–H groups in total. The van der Waals surface area contributed by atoms with Crippen LogP contribution in [0.4, 0.5) is 0 Å². The van der Waals surface area contributed by atoms with E-state index in [1.807, 2.05) is 11.3 Å². The van der Waals surface area contributed by atoms with Crippen molar-refractivity contribution in [2.75, 3.05) is 13.1 Å². The van der Waals surface area contributed by atoms with E-state index in [1.165, 1.54) is 10.4 Å². The Morgan fingerprint density at radius 2 is 2.41 bits per heavy atom. The van der Waals surface area contributed by atoms with Crippen LogP contribution in [-0.2, 0) is 13.0 Å². The molecule has 3 heterocycles. The topological polar surface area (TPSA) is 33.5 Å². The Bertz CT molecular complexity index is 515. The van der Waals surface area contributed by atoms with Crippen LogP contribution in [0.5, 0.6) is 0 Å². The van der Waals surface area contributed by atoms with E-state index in [9.17, 15) is 4.79 Å². The number of rotatable bonds is 3. The monoisotopic (exact) mass is 247 g/mol. The van der Waals surface area contributed by atoms with Crippen molar-refractivity contribution in [1.82, 2.24) is 4.90 Å². The Kier molecular flexibility index (Phi) is 2.82. The van der Waals surface area contributed by atoms with E-state index in [1.54, 1.807) is 18.4 Å². The van der Waals surface area contributed by atoms with Gasteiger partial charge in [0.15, 0.2) is 5.76 Å². The molecule has 0 aromatic carbocycles. The highest BCUT2D eigenvalue weighted by Gasteiger charge is 2.20. The first-order valence-electron chi connectivity index (χ1n) is 5.67. The number of carbonyl (C=O) groups is 1. The van der Waals surface area contributed by atoms with Gasteiger partial charge in [-0.15, -0.1) is 11.3 Å². The highest BCUT2D eigenvalue weighted by atomic mass is 32.1. The first kappa shape index (κ1) is 10.7. The van der Waals surface area contributed by atoms with Crippen molar-refractivity contribution in [3.63, 3.8) is 0 Å². The molecule has 3 rings (SSSR count). The van der Waals surface area contributed by atoms with Gasteiger partial charge in [-0.3, -0.25) is 9.69 Å². The minimum Gasteiger partial charge on any atom is -0.461 e. The second kappa shape index (κ2) is 4.47. The molecule has 0 bridgehead atoms. The summed E-state index contributed by atoms with van der Waals surface area (Å²) in [5.41, 5.74) is 1.37. The Balaban J connectivity index is 1.66.